The van der Waals surface area contributed by atoms with Gasteiger partial charge in [0.15, 0.2) is 0 Å². The molecule has 0 saturated carbocycles. The number of hydrogen-bond acceptors (Lipinski definition) is 5. The van der Waals surface area contributed by atoms with Gasteiger partial charge in [0, 0.05) is 23.9 Å². The molecule has 0 radical (unpaired) electrons. The quantitative estimate of drug-likeness (QED) is 0.561. The van der Waals surface area contributed by atoms with Crippen molar-refractivity contribution in [1.82, 2.24) is 15.2 Å². The molecular weight excluding hydrogens is 376 g/mol. The molecule has 0 aliphatic rings. The van der Waals surface area contributed by atoms with Crippen molar-refractivity contribution in [2.45, 2.75) is 12.3 Å². The van der Waals surface area contributed by atoms with Gasteiger partial charge in [0.2, 0.25) is 0 Å². The molecule has 2 aromatic carbocycles. The largest absolute Gasteiger partial charge is 0.481 e. The third-order valence-electron chi connectivity index (χ3n) is 4.19. The van der Waals surface area contributed by atoms with Crippen LogP contribution >= 0.6 is 11.3 Å². The van der Waals surface area contributed by atoms with Crippen molar-refractivity contribution in [1.29, 1.82) is 0 Å². The van der Waals surface area contributed by atoms with E-state index in [2.05, 4.69) is 15.2 Å². The second-order valence-electron chi connectivity index (χ2n) is 5.92. The van der Waals surface area contributed by atoms with E-state index in [9.17, 15) is 23.5 Å². The number of hydrogen-bond donors (Lipinski definition) is 2. The van der Waals surface area contributed by atoms with Gasteiger partial charge in [-0.1, -0.05) is 18.2 Å². The van der Waals surface area contributed by atoms with Crippen molar-refractivity contribution in [3.8, 4) is 0 Å². The zero-order valence-electron chi connectivity index (χ0n) is 13.6. The average Bonchev–Trinajstić information content (AvgIpc) is 3.03. The highest BCUT2D eigenvalue weighted by Crippen LogP contribution is 2.31. The molecule has 6 nitrogen and oxygen atoms in total. The molecule has 9 heteroatoms. The Balaban J connectivity index is 1.81. The standard InChI is InChI=1S/C18H11F2N3O3S/c19-8-5-12(20)16-13(6-8)21-14(27-16)7-11(18(25)26)15-9-3-1-2-4-10(9)17(24)23-22-15/h1-6,11H,7H2,(H,23,24)(H,25,26). The normalized spacial score (nSPS) is 12.5. The lowest BCUT2D eigenvalue weighted by Gasteiger charge is -2.12. The van der Waals surface area contributed by atoms with Crippen LogP contribution in [0.5, 0.6) is 0 Å². The van der Waals surface area contributed by atoms with Gasteiger partial charge in [0.05, 0.1) is 26.3 Å². The highest BCUT2D eigenvalue weighted by molar-refractivity contribution is 7.18. The minimum absolute atomic E-state index is 0.0707. The zero-order chi connectivity index (χ0) is 19.1. The SMILES string of the molecule is O=C(O)C(Cc1nc2cc(F)cc(F)c2s1)c1n[nH]c(=O)c2ccccc12. The molecule has 0 fully saturated rings. The van der Waals surface area contributed by atoms with Crippen LogP contribution in [0.15, 0.2) is 41.2 Å². The van der Waals surface area contributed by atoms with Crippen LogP contribution in [0.4, 0.5) is 8.78 Å². The number of nitrogens with zero attached hydrogens (tertiary/aromatic N) is 2. The first kappa shape index (κ1) is 17.2. The molecule has 136 valence electrons. The highest BCUT2D eigenvalue weighted by Gasteiger charge is 2.27. The maximum atomic E-state index is 13.9. The smallest absolute Gasteiger partial charge is 0.313 e. The van der Waals surface area contributed by atoms with Crippen molar-refractivity contribution >= 4 is 38.3 Å². The van der Waals surface area contributed by atoms with E-state index in [1.165, 1.54) is 0 Å². The fourth-order valence-corrected chi connectivity index (χ4v) is 3.97. The van der Waals surface area contributed by atoms with Crippen molar-refractivity contribution in [3.63, 3.8) is 0 Å². The summed E-state index contributed by atoms with van der Waals surface area (Å²) >= 11 is 0.966. The van der Waals surface area contributed by atoms with Crippen LogP contribution in [0.3, 0.4) is 0 Å². The maximum Gasteiger partial charge on any atom is 0.313 e. The molecule has 1 unspecified atom stereocenters. The van der Waals surface area contributed by atoms with Gasteiger partial charge in [-0.25, -0.2) is 18.9 Å². The lowest BCUT2D eigenvalue weighted by atomic mass is 9.97. The van der Waals surface area contributed by atoms with Crippen LogP contribution < -0.4 is 5.56 Å². The first-order valence-electron chi connectivity index (χ1n) is 7.88. The Hall–Kier alpha value is -3.20. The molecule has 2 heterocycles. The van der Waals surface area contributed by atoms with Crippen molar-refractivity contribution in [2.75, 3.05) is 0 Å². The summed E-state index contributed by atoms with van der Waals surface area (Å²) in [4.78, 5) is 28.0. The number of H-pyrrole nitrogens is 1. The number of rotatable bonds is 4. The number of fused-ring (bicyclic) bond motifs is 2. The number of halogens is 2. The van der Waals surface area contributed by atoms with Crippen LogP contribution in [-0.4, -0.2) is 26.3 Å². The number of benzene rings is 2. The molecule has 4 rings (SSSR count). The van der Waals surface area contributed by atoms with Gasteiger partial charge < -0.3 is 5.11 Å². The Bertz CT molecular complexity index is 1250. The molecular formula is C18H11F2N3O3S. The van der Waals surface area contributed by atoms with E-state index in [1.807, 2.05) is 0 Å². The van der Waals surface area contributed by atoms with E-state index in [0.29, 0.717) is 15.8 Å². The number of aromatic amines is 1. The molecule has 27 heavy (non-hydrogen) atoms. The van der Waals surface area contributed by atoms with E-state index in [-0.39, 0.29) is 22.3 Å². The Kier molecular flexibility index (Phi) is 4.15. The fraction of sp³-hybridized carbons (Fsp3) is 0.111. The topological polar surface area (TPSA) is 95.9 Å². The third-order valence-corrected chi connectivity index (χ3v) is 5.29. The average molecular weight is 387 g/mol. The molecule has 0 spiro atoms. The van der Waals surface area contributed by atoms with Crippen LogP contribution in [0.2, 0.25) is 0 Å². The summed E-state index contributed by atoms with van der Waals surface area (Å²) in [5.41, 5.74) is -0.101. The first-order valence-corrected chi connectivity index (χ1v) is 8.70. The molecule has 2 aromatic heterocycles. The van der Waals surface area contributed by atoms with Gasteiger partial charge in [-0.3, -0.25) is 9.59 Å². The summed E-state index contributed by atoms with van der Waals surface area (Å²) in [6.07, 6.45) is -0.0707. The second kappa shape index (κ2) is 6.51. The summed E-state index contributed by atoms with van der Waals surface area (Å²) in [5.74, 6) is -3.76. The molecule has 0 amide bonds. The van der Waals surface area contributed by atoms with Gasteiger partial charge in [-0.2, -0.15) is 5.10 Å². The summed E-state index contributed by atoms with van der Waals surface area (Å²) in [6.45, 7) is 0. The molecule has 0 saturated heterocycles. The maximum absolute atomic E-state index is 13.9. The Labute approximate surface area is 154 Å². The summed E-state index contributed by atoms with van der Waals surface area (Å²) < 4.78 is 27.4. The van der Waals surface area contributed by atoms with Crippen LogP contribution in [0.25, 0.3) is 21.0 Å². The van der Waals surface area contributed by atoms with E-state index >= 15 is 0 Å². The van der Waals surface area contributed by atoms with Gasteiger partial charge in [-0.05, 0) is 6.07 Å². The summed E-state index contributed by atoms with van der Waals surface area (Å²) in [6, 6.07) is 8.41. The number of aromatic nitrogens is 3. The fourth-order valence-electron chi connectivity index (χ4n) is 2.97. The molecule has 0 aliphatic carbocycles. The van der Waals surface area contributed by atoms with Crippen LogP contribution in [0, 0.1) is 11.6 Å². The Morgan fingerprint density at radius 1 is 1.22 bits per heavy atom. The van der Waals surface area contributed by atoms with Crippen molar-refractivity contribution < 1.29 is 18.7 Å². The van der Waals surface area contributed by atoms with Gasteiger partial charge in [-0.15, -0.1) is 11.3 Å². The zero-order valence-corrected chi connectivity index (χ0v) is 14.4. The number of thiazole rings is 1. The number of carboxylic acids is 1. The molecule has 4 aromatic rings. The van der Waals surface area contributed by atoms with Gasteiger partial charge in [0.25, 0.3) is 5.56 Å². The molecule has 0 aliphatic heterocycles. The minimum Gasteiger partial charge on any atom is -0.481 e. The highest BCUT2D eigenvalue weighted by atomic mass is 32.1. The summed E-state index contributed by atoms with van der Waals surface area (Å²) in [5, 5.41) is 17.0. The molecule has 1 atom stereocenters. The Morgan fingerprint density at radius 3 is 2.70 bits per heavy atom. The second-order valence-corrected chi connectivity index (χ2v) is 7.01. The Morgan fingerprint density at radius 2 is 1.96 bits per heavy atom. The monoisotopic (exact) mass is 387 g/mol. The van der Waals surface area contributed by atoms with E-state index in [0.717, 1.165) is 23.5 Å². The number of aliphatic carboxylic acids is 1. The molecule has 2 N–H and O–H groups in total. The van der Waals surface area contributed by atoms with E-state index < -0.39 is 29.1 Å². The van der Waals surface area contributed by atoms with Crippen LogP contribution in [-0.2, 0) is 11.2 Å². The lowest BCUT2D eigenvalue weighted by molar-refractivity contribution is -0.138. The van der Waals surface area contributed by atoms with Gasteiger partial charge >= 0.3 is 5.97 Å². The predicted octanol–water partition coefficient (Wildman–Crippen LogP) is 3.22. The number of carbonyl (C=O) groups is 1. The minimum atomic E-state index is -1.16. The summed E-state index contributed by atoms with van der Waals surface area (Å²) in [7, 11) is 0. The lowest BCUT2D eigenvalue weighted by Crippen LogP contribution is -2.20. The first-order chi connectivity index (χ1) is 12.9. The molecule has 0 bridgehead atoms. The third kappa shape index (κ3) is 3.06. The van der Waals surface area contributed by atoms with Gasteiger partial charge in [0.1, 0.15) is 17.6 Å². The number of carboxylic acid groups (broad SMARTS) is 1. The number of nitrogens with one attached hydrogen (secondary N) is 1. The van der Waals surface area contributed by atoms with Crippen molar-refractivity contribution in [3.05, 3.63) is 69.1 Å². The van der Waals surface area contributed by atoms with E-state index in [4.69, 9.17) is 0 Å². The predicted molar refractivity (Wildman–Crippen MR) is 96.0 cm³/mol. The van der Waals surface area contributed by atoms with Crippen LogP contribution in [0.1, 0.15) is 16.6 Å². The van der Waals surface area contributed by atoms with E-state index in [1.54, 1.807) is 24.3 Å². The van der Waals surface area contributed by atoms with Crippen molar-refractivity contribution in [2.24, 2.45) is 0 Å².